The van der Waals surface area contributed by atoms with E-state index < -0.39 is 11.8 Å². The predicted molar refractivity (Wildman–Crippen MR) is 106 cm³/mol. The van der Waals surface area contributed by atoms with Gasteiger partial charge in [-0.05, 0) is 35.7 Å². The number of nitrogens with zero attached hydrogens (tertiary/aromatic N) is 1. The average Bonchev–Trinajstić information content (AvgIpc) is 2.63. The SMILES string of the molecule is Cl.NCCC(=O)N1CCc2c(cccc2NC(=O)Nc2ccccc2F)C1. The highest BCUT2D eigenvalue weighted by molar-refractivity contribution is 6.00. The molecule has 0 aromatic heterocycles. The Bertz CT molecular complexity index is 831. The number of hydrogen-bond donors (Lipinski definition) is 3. The number of carbonyl (C=O) groups is 2. The van der Waals surface area contributed by atoms with E-state index in [9.17, 15) is 14.0 Å². The van der Waals surface area contributed by atoms with Crippen LogP contribution in [0.4, 0.5) is 20.6 Å². The molecule has 0 atom stereocenters. The Labute approximate surface area is 163 Å². The van der Waals surface area contributed by atoms with Crippen LogP contribution in [0.2, 0.25) is 0 Å². The van der Waals surface area contributed by atoms with Crippen molar-refractivity contribution in [3.63, 3.8) is 0 Å². The summed E-state index contributed by atoms with van der Waals surface area (Å²) in [5.41, 5.74) is 8.23. The Morgan fingerprint density at radius 2 is 1.78 bits per heavy atom. The molecule has 0 saturated carbocycles. The lowest BCUT2D eigenvalue weighted by atomic mass is 9.97. The van der Waals surface area contributed by atoms with Crippen molar-refractivity contribution in [1.29, 1.82) is 0 Å². The number of para-hydroxylation sites is 1. The largest absolute Gasteiger partial charge is 0.338 e. The molecule has 6 nitrogen and oxygen atoms in total. The van der Waals surface area contributed by atoms with Crippen molar-refractivity contribution in [3.8, 4) is 0 Å². The van der Waals surface area contributed by atoms with Gasteiger partial charge in [0.15, 0.2) is 0 Å². The van der Waals surface area contributed by atoms with E-state index in [0.717, 1.165) is 11.1 Å². The van der Waals surface area contributed by atoms with Gasteiger partial charge in [0, 0.05) is 31.7 Å². The summed E-state index contributed by atoms with van der Waals surface area (Å²) >= 11 is 0. The highest BCUT2D eigenvalue weighted by atomic mass is 35.5. The van der Waals surface area contributed by atoms with Crippen LogP contribution in [0.1, 0.15) is 17.5 Å². The highest BCUT2D eigenvalue weighted by Gasteiger charge is 2.22. The third-order valence-corrected chi connectivity index (χ3v) is 4.35. The third kappa shape index (κ3) is 4.96. The zero-order chi connectivity index (χ0) is 18.5. The minimum absolute atomic E-state index is 0. The van der Waals surface area contributed by atoms with Crippen LogP contribution in [0.25, 0.3) is 0 Å². The number of carbonyl (C=O) groups excluding carboxylic acids is 2. The molecule has 2 aromatic carbocycles. The van der Waals surface area contributed by atoms with Crippen molar-refractivity contribution in [3.05, 3.63) is 59.4 Å². The van der Waals surface area contributed by atoms with Gasteiger partial charge in [0.25, 0.3) is 0 Å². The summed E-state index contributed by atoms with van der Waals surface area (Å²) in [4.78, 5) is 26.0. The van der Waals surface area contributed by atoms with Crippen molar-refractivity contribution in [1.82, 2.24) is 4.90 Å². The first kappa shape index (κ1) is 20.7. The molecule has 27 heavy (non-hydrogen) atoms. The molecule has 0 aliphatic carbocycles. The van der Waals surface area contributed by atoms with Crippen LogP contribution in [0.15, 0.2) is 42.5 Å². The molecule has 1 aliphatic heterocycles. The average molecular weight is 393 g/mol. The zero-order valence-electron chi connectivity index (χ0n) is 14.7. The number of nitrogens with one attached hydrogen (secondary N) is 2. The second-order valence-corrected chi connectivity index (χ2v) is 6.11. The maximum atomic E-state index is 13.7. The molecule has 4 N–H and O–H groups in total. The van der Waals surface area contributed by atoms with Crippen molar-refractivity contribution in [2.24, 2.45) is 5.73 Å². The molecule has 0 fully saturated rings. The van der Waals surface area contributed by atoms with Crippen LogP contribution in [0.3, 0.4) is 0 Å². The number of hydrogen-bond acceptors (Lipinski definition) is 3. The summed E-state index contributed by atoms with van der Waals surface area (Å²) in [6.45, 7) is 1.41. The Morgan fingerprint density at radius 3 is 2.52 bits per heavy atom. The molecule has 3 rings (SSSR count). The summed E-state index contributed by atoms with van der Waals surface area (Å²) in [6.07, 6.45) is 0.972. The standard InChI is InChI=1S/C19H21FN4O2.ClH/c20-15-5-1-2-6-17(15)23-19(26)22-16-7-3-4-13-12-24(11-9-14(13)16)18(25)8-10-21;/h1-7H,8-12,21H2,(H2,22,23,26);1H. The number of halogens is 2. The summed E-state index contributed by atoms with van der Waals surface area (Å²) in [7, 11) is 0. The molecule has 0 bridgehead atoms. The maximum absolute atomic E-state index is 13.7. The normalized spacial score (nSPS) is 12.6. The molecule has 1 aliphatic rings. The number of nitrogens with two attached hydrogens (primary N) is 1. The van der Waals surface area contributed by atoms with Crippen LogP contribution >= 0.6 is 12.4 Å². The van der Waals surface area contributed by atoms with Gasteiger partial charge < -0.3 is 21.3 Å². The van der Waals surface area contributed by atoms with Crippen LogP contribution in [0.5, 0.6) is 0 Å². The Morgan fingerprint density at radius 1 is 1.07 bits per heavy atom. The quantitative estimate of drug-likeness (QED) is 0.747. The Balaban J connectivity index is 0.00000261. The summed E-state index contributed by atoms with van der Waals surface area (Å²) in [5, 5.41) is 5.28. The van der Waals surface area contributed by atoms with Gasteiger partial charge in [0.2, 0.25) is 5.91 Å². The number of rotatable bonds is 4. The summed E-state index contributed by atoms with van der Waals surface area (Å²) < 4.78 is 13.7. The molecular formula is C19H22ClFN4O2. The fraction of sp³-hybridized carbons (Fsp3) is 0.263. The van der Waals surface area contributed by atoms with Gasteiger partial charge in [0.1, 0.15) is 5.82 Å². The maximum Gasteiger partial charge on any atom is 0.323 e. The fourth-order valence-corrected chi connectivity index (χ4v) is 3.06. The molecule has 0 unspecified atom stereocenters. The number of benzene rings is 2. The van der Waals surface area contributed by atoms with Gasteiger partial charge in [-0.1, -0.05) is 24.3 Å². The Kier molecular flexibility index (Phi) is 7.15. The van der Waals surface area contributed by atoms with E-state index in [2.05, 4.69) is 10.6 Å². The second-order valence-electron chi connectivity index (χ2n) is 6.11. The summed E-state index contributed by atoms with van der Waals surface area (Å²) in [5.74, 6) is -0.458. The van der Waals surface area contributed by atoms with Crippen molar-refractivity contribution in [2.45, 2.75) is 19.4 Å². The number of amides is 3. The molecule has 8 heteroatoms. The van der Waals surface area contributed by atoms with E-state index in [-0.39, 0.29) is 24.0 Å². The summed E-state index contributed by atoms with van der Waals surface area (Å²) in [6, 6.07) is 11.1. The lowest BCUT2D eigenvalue weighted by molar-refractivity contribution is -0.131. The van der Waals surface area contributed by atoms with Gasteiger partial charge in [-0.15, -0.1) is 12.4 Å². The minimum Gasteiger partial charge on any atom is -0.338 e. The van der Waals surface area contributed by atoms with Gasteiger partial charge in [-0.25, -0.2) is 9.18 Å². The third-order valence-electron chi connectivity index (χ3n) is 4.35. The smallest absolute Gasteiger partial charge is 0.323 e. The van der Waals surface area contributed by atoms with E-state index in [1.807, 2.05) is 12.1 Å². The highest BCUT2D eigenvalue weighted by Crippen LogP contribution is 2.27. The van der Waals surface area contributed by atoms with Gasteiger partial charge in [-0.3, -0.25) is 4.79 Å². The van der Waals surface area contributed by atoms with Crippen molar-refractivity contribution >= 4 is 35.7 Å². The van der Waals surface area contributed by atoms with Crippen molar-refractivity contribution in [2.75, 3.05) is 23.7 Å². The topological polar surface area (TPSA) is 87.5 Å². The first-order valence-electron chi connectivity index (χ1n) is 8.49. The number of fused-ring (bicyclic) bond motifs is 1. The van der Waals surface area contributed by atoms with Crippen LogP contribution in [0, 0.1) is 5.82 Å². The molecule has 2 aromatic rings. The van der Waals surface area contributed by atoms with Crippen molar-refractivity contribution < 1.29 is 14.0 Å². The molecular weight excluding hydrogens is 371 g/mol. The molecule has 0 spiro atoms. The minimum atomic E-state index is -0.509. The molecule has 144 valence electrons. The number of urea groups is 1. The van der Waals surface area contributed by atoms with E-state index in [1.54, 1.807) is 23.1 Å². The van der Waals surface area contributed by atoms with Gasteiger partial charge in [0.05, 0.1) is 5.69 Å². The zero-order valence-corrected chi connectivity index (χ0v) is 15.5. The number of anilines is 2. The van der Waals surface area contributed by atoms with Crippen LogP contribution in [-0.4, -0.2) is 29.9 Å². The van der Waals surface area contributed by atoms with Gasteiger partial charge >= 0.3 is 6.03 Å². The monoisotopic (exact) mass is 392 g/mol. The van der Waals surface area contributed by atoms with E-state index >= 15 is 0 Å². The van der Waals surface area contributed by atoms with Gasteiger partial charge in [-0.2, -0.15) is 0 Å². The first-order chi connectivity index (χ1) is 12.6. The first-order valence-corrected chi connectivity index (χ1v) is 8.49. The van der Waals surface area contributed by atoms with E-state index in [4.69, 9.17) is 5.73 Å². The van der Waals surface area contributed by atoms with Crippen LogP contribution in [-0.2, 0) is 17.8 Å². The van der Waals surface area contributed by atoms with E-state index in [0.29, 0.717) is 38.2 Å². The molecule has 0 radical (unpaired) electrons. The van der Waals surface area contributed by atoms with Crippen LogP contribution < -0.4 is 16.4 Å². The lowest BCUT2D eigenvalue weighted by Crippen LogP contribution is -2.37. The predicted octanol–water partition coefficient (Wildman–Crippen LogP) is 3.13. The molecule has 1 heterocycles. The lowest BCUT2D eigenvalue weighted by Gasteiger charge is -2.30. The molecule has 3 amide bonds. The second kappa shape index (κ2) is 9.34. The fourth-order valence-electron chi connectivity index (χ4n) is 3.06. The van der Waals surface area contributed by atoms with E-state index in [1.165, 1.54) is 12.1 Å². The Hall–Kier alpha value is -2.64. The molecule has 0 saturated heterocycles.